The molecule has 7 nitrogen and oxygen atoms in total. The van der Waals surface area contributed by atoms with Gasteiger partial charge in [-0.1, -0.05) is 11.6 Å². The number of ether oxygens (including phenoxy) is 3. The Hall–Kier alpha value is -1.16. The Morgan fingerprint density at radius 2 is 1.93 bits per heavy atom. The minimum atomic E-state index is -3.73. The summed E-state index contributed by atoms with van der Waals surface area (Å²) >= 11 is 6.02. The Kier molecular flexibility index (Phi) is 5.46. The van der Waals surface area contributed by atoms with Crippen LogP contribution in [0.25, 0.3) is 0 Å². The van der Waals surface area contributed by atoms with Crippen LogP contribution in [0, 0.1) is 5.95 Å². The van der Waals surface area contributed by atoms with E-state index in [0.29, 0.717) is 19.8 Å². The lowest BCUT2D eigenvalue weighted by Crippen LogP contribution is -2.41. The summed E-state index contributed by atoms with van der Waals surface area (Å²) in [5.41, 5.74) is 0.237. The molecule has 4 rings (SSSR count). The van der Waals surface area contributed by atoms with Gasteiger partial charge in [0.2, 0.25) is 11.8 Å². The minimum absolute atomic E-state index is 0.00602. The molecule has 2 fully saturated rings. The van der Waals surface area contributed by atoms with Crippen molar-refractivity contribution in [3.8, 4) is 5.88 Å². The molecule has 0 saturated carbocycles. The van der Waals surface area contributed by atoms with Gasteiger partial charge in [-0.3, -0.25) is 0 Å². The van der Waals surface area contributed by atoms with E-state index in [9.17, 15) is 12.8 Å². The van der Waals surface area contributed by atoms with Crippen molar-refractivity contribution in [2.24, 2.45) is 0 Å². The standard InChI is InChI=1S/C17H22ClFN2O5S/c18-13-15-14(17(20-16(13)19)26-10-12-4-2-7-25-12)21(5-8-27(15,22)23)9-11-3-1-6-24-11/h11-12H,1-10H2/t11-,12-/m1/s1. The molecule has 27 heavy (non-hydrogen) atoms. The van der Waals surface area contributed by atoms with Crippen LogP contribution in [0.4, 0.5) is 10.1 Å². The van der Waals surface area contributed by atoms with Crippen LogP contribution in [-0.2, 0) is 19.3 Å². The number of hydrogen-bond acceptors (Lipinski definition) is 7. The molecular weight excluding hydrogens is 399 g/mol. The number of nitrogens with zero attached hydrogens (tertiary/aromatic N) is 2. The summed E-state index contributed by atoms with van der Waals surface area (Å²) in [6.07, 6.45) is 3.53. The van der Waals surface area contributed by atoms with Crippen molar-refractivity contribution in [1.29, 1.82) is 0 Å². The Balaban J connectivity index is 1.70. The van der Waals surface area contributed by atoms with Gasteiger partial charge in [0.25, 0.3) is 0 Å². The lowest BCUT2D eigenvalue weighted by Gasteiger charge is -2.34. The van der Waals surface area contributed by atoms with Crippen LogP contribution in [0.2, 0.25) is 5.02 Å². The second-order valence-corrected chi connectivity index (χ2v) is 9.47. The van der Waals surface area contributed by atoms with Crippen LogP contribution in [0.5, 0.6) is 5.88 Å². The number of aromatic nitrogens is 1. The number of pyridine rings is 1. The zero-order chi connectivity index (χ0) is 19.0. The van der Waals surface area contributed by atoms with E-state index < -0.39 is 20.8 Å². The van der Waals surface area contributed by atoms with Gasteiger partial charge in [-0.15, -0.1) is 0 Å². The predicted octanol–water partition coefficient (Wildman–Crippen LogP) is 2.20. The van der Waals surface area contributed by atoms with Crippen molar-refractivity contribution >= 4 is 27.1 Å². The third-order valence-corrected chi connectivity index (χ3v) is 7.33. The van der Waals surface area contributed by atoms with Gasteiger partial charge in [-0.25, -0.2) is 8.42 Å². The largest absolute Gasteiger partial charge is 0.473 e. The van der Waals surface area contributed by atoms with Crippen molar-refractivity contribution in [3.05, 3.63) is 11.0 Å². The molecule has 0 unspecified atom stereocenters. The SMILES string of the molecule is O=S1(=O)CCN(C[C@H]2CCCO2)c2c(OC[C@H]3CCCO3)nc(F)c(Cl)c21. The zero-order valence-corrected chi connectivity index (χ0v) is 16.4. The third-order valence-electron chi connectivity index (χ3n) is 5.13. The van der Waals surface area contributed by atoms with E-state index in [0.717, 1.165) is 25.7 Å². The Bertz CT molecular complexity index is 810. The molecule has 4 heterocycles. The maximum Gasteiger partial charge on any atom is 0.241 e. The van der Waals surface area contributed by atoms with Crippen LogP contribution < -0.4 is 9.64 Å². The summed E-state index contributed by atoms with van der Waals surface area (Å²) in [5.74, 6) is -1.23. The Labute approximate surface area is 162 Å². The number of sulfone groups is 1. The predicted molar refractivity (Wildman–Crippen MR) is 96.9 cm³/mol. The molecule has 0 amide bonds. The molecule has 0 aliphatic carbocycles. The van der Waals surface area contributed by atoms with Gasteiger partial charge in [-0.05, 0) is 25.7 Å². The molecule has 1 aromatic heterocycles. The molecule has 0 spiro atoms. The number of hydrogen-bond donors (Lipinski definition) is 0. The third kappa shape index (κ3) is 3.87. The molecule has 10 heteroatoms. The Morgan fingerprint density at radius 1 is 1.22 bits per heavy atom. The van der Waals surface area contributed by atoms with E-state index in [1.54, 1.807) is 0 Å². The molecule has 0 radical (unpaired) electrons. The van der Waals surface area contributed by atoms with Gasteiger partial charge in [-0.2, -0.15) is 9.37 Å². The van der Waals surface area contributed by atoms with E-state index in [1.165, 1.54) is 0 Å². The zero-order valence-electron chi connectivity index (χ0n) is 14.8. The van der Waals surface area contributed by atoms with E-state index in [2.05, 4.69) is 4.98 Å². The van der Waals surface area contributed by atoms with E-state index in [-0.39, 0.29) is 47.6 Å². The molecular formula is C17H22ClFN2O5S. The molecule has 3 aliphatic heterocycles. The number of rotatable bonds is 5. The summed E-state index contributed by atoms with van der Waals surface area (Å²) < 4.78 is 56.5. The second-order valence-electron chi connectivity index (χ2n) is 7.05. The molecule has 0 aromatic carbocycles. The van der Waals surface area contributed by atoms with Gasteiger partial charge >= 0.3 is 0 Å². The van der Waals surface area contributed by atoms with Gasteiger partial charge in [0.15, 0.2) is 9.84 Å². The molecule has 2 atom stereocenters. The normalized spacial score (nSPS) is 27.0. The highest BCUT2D eigenvalue weighted by Gasteiger charge is 2.38. The highest BCUT2D eigenvalue weighted by molar-refractivity contribution is 7.91. The smallest absolute Gasteiger partial charge is 0.241 e. The highest BCUT2D eigenvalue weighted by Crippen LogP contribution is 2.43. The molecule has 150 valence electrons. The summed E-state index contributed by atoms with van der Waals surface area (Å²) in [4.78, 5) is 5.42. The van der Waals surface area contributed by atoms with Crippen LogP contribution in [0.15, 0.2) is 4.90 Å². The van der Waals surface area contributed by atoms with E-state index in [4.69, 9.17) is 25.8 Å². The van der Waals surface area contributed by atoms with Crippen molar-refractivity contribution < 1.29 is 27.0 Å². The van der Waals surface area contributed by atoms with Crippen LogP contribution >= 0.6 is 11.6 Å². The number of anilines is 1. The average Bonchev–Trinajstić information content (AvgIpc) is 3.32. The van der Waals surface area contributed by atoms with Crippen molar-refractivity contribution in [2.75, 3.05) is 43.6 Å². The van der Waals surface area contributed by atoms with Crippen molar-refractivity contribution in [3.63, 3.8) is 0 Å². The quantitative estimate of drug-likeness (QED) is 0.676. The van der Waals surface area contributed by atoms with Gasteiger partial charge < -0.3 is 19.1 Å². The first kappa shape index (κ1) is 19.2. The van der Waals surface area contributed by atoms with Crippen molar-refractivity contribution in [2.45, 2.75) is 42.8 Å². The minimum Gasteiger partial charge on any atom is -0.473 e. The topological polar surface area (TPSA) is 78.0 Å². The number of halogens is 2. The number of fused-ring (bicyclic) bond motifs is 1. The average molecular weight is 421 g/mol. The molecule has 0 N–H and O–H groups in total. The highest BCUT2D eigenvalue weighted by atomic mass is 35.5. The second kappa shape index (κ2) is 7.69. The summed E-state index contributed by atoms with van der Waals surface area (Å²) in [6.45, 7) is 2.29. The Morgan fingerprint density at radius 3 is 2.59 bits per heavy atom. The summed E-state index contributed by atoms with van der Waals surface area (Å²) in [5, 5.41) is -0.480. The first-order chi connectivity index (χ1) is 13.0. The van der Waals surface area contributed by atoms with Gasteiger partial charge in [0.05, 0.1) is 18.0 Å². The molecule has 3 aliphatic rings. The lowest BCUT2D eigenvalue weighted by molar-refractivity contribution is 0.0659. The fraction of sp³-hybridized carbons (Fsp3) is 0.706. The van der Waals surface area contributed by atoms with Crippen LogP contribution in [-0.4, -0.2) is 64.3 Å². The first-order valence-corrected chi connectivity index (χ1v) is 11.2. The maximum atomic E-state index is 14.3. The maximum absolute atomic E-state index is 14.3. The summed E-state index contributed by atoms with van der Waals surface area (Å²) in [7, 11) is -3.73. The van der Waals surface area contributed by atoms with Gasteiger partial charge in [0, 0.05) is 26.3 Å². The fourth-order valence-corrected chi connectivity index (χ4v) is 5.78. The molecule has 1 aromatic rings. The van der Waals surface area contributed by atoms with E-state index in [1.807, 2.05) is 4.90 Å². The van der Waals surface area contributed by atoms with E-state index >= 15 is 0 Å². The molecule has 2 saturated heterocycles. The van der Waals surface area contributed by atoms with Crippen LogP contribution in [0.3, 0.4) is 0 Å². The van der Waals surface area contributed by atoms with Gasteiger partial charge in [0.1, 0.15) is 22.2 Å². The lowest BCUT2D eigenvalue weighted by atomic mass is 10.2. The fourth-order valence-electron chi connectivity index (χ4n) is 3.76. The van der Waals surface area contributed by atoms with Crippen molar-refractivity contribution in [1.82, 2.24) is 4.98 Å². The summed E-state index contributed by atoms with van der Waals surface area (Å²) in [6, 6.07) is 0. The first-order valence-electron chi connectivity index (χ1n) is 9.18. The van der Waals surface area contributed by atoms with Crippen LogP contribution in [0.1, 0.15) is 25.7 Å². The molecule has 0 bridgehead atoms. The monoisotopic (exact) mass is 420 g/mol.